The van der Waals surface area contributed by atoms with E-state index in [1.165, 1.54) is 25.3 Å². The number of carbonyl (C=O) groups is 1. The molecule has 1 heterocycles. The van der Waals surface area contributed by atoms with Gasteiger partial charge in [-0.15, -0.1) is 0 Å². The van der Waals surface area contributed by atoms with E-state index >= 15 is 0 Å². The normalized spacial score (nSPS) is 10.2. The van der Waals surface area contributed by atoms with Crippen molar-refractivity contribution < 1.29 is 13.9 Å². The van der Waals surface area contributed by atoms with Crippen LogP contribution in [-0.2, 0) is 11.2 Å². The fourth-order valence-electron chi connectivity index (χ4n) is 1.48. The summed E-state index contributed by atoms with van der Waals surface area (Å²) in [6.07, 6.45) is 1.88. The van der Waals surface area contributed by atoms with Gasteiger partial charge in [-0.2, -0.15) is 0 Å². The minimum atomic E-state index is -0.411. The van der Waals surface area contributed by atoms with E-state index in [1.54, 1.807) is 12.1 Å². The first-order chi connectivity index (χ1) is 8.13. The van der Waals surface area contributed by atoms with Crippen LogP contribution in [0.15, 0.2) is 30.5 Å². The van der Waals surface area contributed by atoms with Gasteiger partial charge in [0.05, 0.1) is 6.20 Å². The van der Waals surface area contributed by atoms with E-state index in [-0.39, 0.29) is 5.82 Å². The number of H-pyrrole nitrogens is 1. The van der Waals surface area contributed by atoms with E-state index in [9.17, 15) is 9.18 Å². The summed E-state index contributed by atoms with van der Waals surface area (Å²) in [5, 5.41) is 0. The molecule has 5 heteroatoms. The highest BCUT2D eigenvalue weighted by molar-refractivity contribution is 5.68. The Morgan fingerprint density at radius 3 is 3.06 bits per heavy atom. The van der Waals surface area contributed by atoms with Gasteiger partial charge in [0.1, 0.15) is 11.6 Å². The zero-order chi connectivity index (χ0) is 12.3. The standard InChI is InChI=1S/C12H11FN2O2/c1-8(16)17-12-7-14-11(15-12)6-9-3-2-4-10(13)5-9/h2-5,7H,6H2,1H3,(H,14,15). The fraction of sp³-hybridized carbons (Fsp3) is 0.167. The average molecular weight is 234 g/mol. The highest BCUT2D eigenvalue weighted by Crippen LogP contribution is 2.12. The number of hydrogen-bond acceptors (Lipinski definition) is 3. The molecular weight excluding hydrogens is 223 g/mol. The molecule has 0 radical (unpaired) electrons. The van der Waals surface area contributed by atoms with E-state index < -0.39 is 5.97 Å². The number of carbonyl (C=O) groups excluding carboxylic acids is 1. The molecule has 17 heavy (non-hydrogen) atoms. The third-order valence-corrected chi connectivity index (χ3v) is 2.12. The van der Waals surface area contributed by atoms with Crippen LogP contribution < -0.4 is 4.74 Å². The molecule has 88 valence electrons. The molecule has 0 bridgehead atoms. The minimum absolute atomic E-state index is 0.283. The predicted octanol–water partition coefficient (Wildman–Crippen LogP) is 2.06. The summed E-state index contributed by atoms with van der Waals surface area (Å²) >= 11 is 0. The molecule has 0 fully saturated rings. The molecule has 0 amide bonds. The maximum Gasteiger partial charge on any atom is 0.309 e. The van der Waals surface area contributed by atoms with Crippen molar-refractivity contribution in [2.24, 2.45) is 0 Å². The molecule has 0 saturated heterocycles. The highest BCUT2D eigenvalue weighted by Gasteiger charge is 2.05. The Morgan fingerprint density at radius 1 is 1.53 bits per heavy atom. The van der Waals surface area contributed by atoms with E-state index in [4.69, 9.17) is 4.74 Å². The Balaban J connectivity index is 2.08. The molecule has 0 aliphatic carbocycles. The van der Waals surface area contributed by atoms with Crippen LogP contribution in [0, 0.1) is 5.82 Å². The Labute approximate surface area is 97.5 Å². The van der Waals surface area contributed by atoms with Crippen LogP contribution in [0.3, 0.4) is 0 Å². The van der Waals surface area contributed by atoms with Crippen LogP contribution in [0.2, 0.25) is 0 Å². The molecule has 2 aromatic rings. The Morgan fingerprint density at radius 2 is 2.35 bits per heavy atom. The molecule has 0 unspecified atom stereocenters. The average Bonchev–Trinajstić information content (AvgIpc) is 2.64. The summed E-state index contributed by atoms with van der Waals surface area (Å²) in [5.74, 6) is 0.218. The number of imidazole rings is 1. The highest BCUT2D eigenvalue weighted by atomic mass is 19.1. The summed E-state index contributed by atoms with van der Waals surface area (Å²) < 4.78 is 17.8. The number of halogens is 1. The lowest BCUT2D eigenvalue weighted by molar-refractivity contribution is -0.132. The number of benzene rings is 1. The largest absolute Gasteiger partial charge is 0.408 e. The minimum Gasteiger partial charge on any atom is -0.408 e. The summed E-state index contributed by atoms with van der Waals surface area (Å²) in [7, 11) is 0. The molecule has 2 rings (SSSR count). The van der Waals surface area contributed by atoms with Crippen LogP contribution >= 0.6 is 0 Å². The molecule has 1 aromatic carbocycles. The van der Waals surface area contributed by atoms with Gasteiger partial charge in [0.2, 0.25) is 5.88 Å². The van der Waals surface area contributed by atoms with Crippen LogP contribution in [0.1, 0.15) is 18.3 Å². The number of aromatic nitrogens is 2. The van der Waals surface area contributed by atoms with Crippen LogP contribution in [0.25, 0.3) is 0 Å². The number of ether oxygens (including phenoxy) is 1. The fourth-order valence-corrected chi connectivity index (χ4v) is 1.48. The van der Waals surface area contributed by atoms with Gasteiger partial charge in [0.25, 0.3) is 0 Å². The monoisotopic (exact) mass is 234 g/mol. The smallest absolute Gasteiger partial charge is 0.309 e. The molecular formula is C12H11FN2O2. The van der Waals surface area contributed by atoms with Crippen LogP contribution in [0.4, 0.5) is 4.39 Å². The van der Waals surface area contributed by atoms with Gasteiger partial charge in [-0.05, 0) is 17.7 Å². The second-order valence-electron chi connectivity index (χ2n) is 3.59. The summed E-state index contributed by atoms with van der Waals surface area (Å²) in [6, 6.07) is 6.27. The zero-order valence-electron chi connectivity index (χ0n) is 9.24. The molecule has 1 N–H and O–H groups in total. The third kappa shape index (κ3) is 3.14. The number of hydrogen-bond donors (Lipinski definition) is 1. The van der Waals surface area contributed by atoms with Gasteiger partial charge in [-0.3, -0.25) is 4.79 Å². The maximum absolute atomic E-state index is 12.9. The zero-order valence-corrected chi connectivity index (χ0v) is 9.24. The third-order valence-electron chi connectivity index (χ3n) is 2.12. The molecule has 1 aromatic heterocycles. The quantitative estimate of drug-likeness (QED) is 0.827. The Hall–Kier alpha value is -2.17. The number of esters is 1. The first-order valence-corrected chi connectivity index (χ1v) is 5.10. The molecule has 0 spiro atoms. The van der Waals surface area contributed by atoms with Crippen LogP contribution in [-0.4, -0.2) is 15.9 Å². The van der Waals surface area contributed by atoms with Crippen molar-refractivity contribution in [2.45, 2.75) is 13.3 Å². The predicted molar refractivity (Wildman–Crippen MR) is 59.1 cm³/mol. The topological polar surface area (TPSA) is 55.0 Å². The molecule has 0 atom stereocenters. The second kappa shape index (κ2) is 4.78. The number of nitrogens with zero attached hydrogens (tertiary/aromatic N) is 1. The second-order valence-corrected chi connectivity index (χ2v) is 3.59. The Kier molecular flexibility index (Phi) is 3.18. The van der Waals surface area contributed by atoms with Crippen molar-refractivity contribution in [2.75, 3.05) is 0 Å². The van der Waals surface area contributed by atoms with E-state index in [2.05, 4.69) is 9.97 Å². The lowest BCUT2D eigenvalue weighted by Crippen LogP contribution is -2.01. The van der Waals surface area contributed by atoms with Gasteiger partial charge in [-0.1, -0.05) is 12.1 Å². The van der Waals surface area contributed by atoms with E-state index in [1.807, 2.05) is 0 Å². The number of nitrogens with one attached hydrogen (secondary N) is 1. The lowest BCUT2D eigenvalue weighted by atomic mass is 10.1. The molecule has 0 aliphatic rings. The van der Waals surface area contributed by atoms with Gasteiger partial charge < -0.3 is 9.72 Å². The number of rotatable bonds is 3. The first kappa shape index (κ1) is 11.3. The molecule has 0 aliphatic heterocycles. The van der Waals surface area contributed by atoms with Crippen molar-refractivity contribution in [3.63, 3.8) is 0 Å². The molecule has 0 saturated carbocycles. The van der Waals surface area contributed by atoms with Gasteiger partial charge in [0.15, 0.2) is 0 Å². The van der Waals surface area contributed by atoms with Crippen molar-refractivity contribution in [1.29, 1.82) is 0 Å². The lowest BCUT2D eigenvalue weighted by Gasteiger charge is -1.98. The van der Waals surface area contributed by atoms with Crippen molar-refractivity contribution in [3.8, 4) is 5.88 Å². The van der Waals surface area contributed by atoms with Crippen molar-refractivity contribution in [3.05, 3.63) is 47.7 Å². The van der Waals surface area contributed by atoms with Gasteiger partial charge in [0, 0.05) is 13.3 Å². The summed E-state index contributed by atoms with van der Waals surface area (Å²) in [5.41, 5.74) is 0.800. The maximum atomic E-state index is 12.9. The first-order valence-electron chi connectivity index (χ1n) is 5.10. The number of aromatic amines is 1. The van der Waals surface area contributed by atoms with Crippen LogP contribution in [0.5, 0.6) is 5.88 Å². The Bertz CT molecular complexity index is 537. The SMILES string of the molecule is CC(=O)Oc1cnc(Cc2cccc(F)c2)[nH]1. The summed E-state index contributed by atoms with van der Waals surface area (Å²) in [6.45, 7) is 1.31. The van der Waals surface area contributed by atoms with Crippen molar-refractivity contribution >= 4 is 5.97 Å². The van der Waals surface area contributed by atoms with Gasteiger partial charge >= 0.3 is 5.97 Å². The summed E-state index contributed by atoms with van der Waals surface area (Å²) in [4.78, 5) is 17.6. The van der Waals surface area contributed by atoms with E-state index in [0.29, 0.717) is 18.1 Å². The molecule has 4 nitrogen and oxygen atoms in total. The van der Waals surface area contributed by atoms with E-state index in [0.717, 1.165) is 5.56 Å². The van der Waals surface area contributed by atoms with Crippen molar-refractivity contribution in [1.82, 2.24) is 9.97 Å². The van der Waals surface area contributed by atoms with Gasteiger partial charge in [-0.25, -0.2) is 9.37 Å².